The number of hydrogen-bond donors (Lipinski definition) is 2. The number of fused-ring (bicyclic) bond motifs is 1. The zero-order valence-electron chi connectivity index (χ0n) is 21.1. The summed E-state index contributed by atoms with van der Waals surface area (Å²) >= 11 is 6.11. The van der Waals surface area contributed by atoms with Crippen LogP contribution in [0.25, 0.3) is 22.2 Å². The number of rotatable bonds is 6. The van der Waals surface area contributed by atoms with E-state index in [-0.39, 0.29) is 23.5 Å². The second kappa shape index (κ2) is 11.1. The van der Waals surface area contributed by atoms with Crippen molar-refractivity contribution in [2.24, 2.45) is 0 Å². The van der Waals surface area contributed by atoms with Crippen LogP contribution in [0.4, 0.5) is 18.9 Å². The van der Waals surface area contributed by atoms with Crippen molar-refractivity contribution < 1.29 is 22.7 Å². The fraction of sp³-hybridized carbons (Fsp3) is 0.276. The van der Waals surface area contributed by atoms with E-state index in [1.165, 1.54) is 12.1 Å². The van der Waals surface area contributed by atoms with E-state index in [0.717, 1.165) is 11.6 Å². The van der Waals surface area contributed by atoms with Gasteiger partial charge in [-0.1, -0.05) is 23.7 Å². The van der Waals surface area contributed by atoms with Crippen LogP contribution in [0.3, 0.4) is 0 Å². The number of aromatic nitrogens is 2. The molecule has 0 atom stereocenters. The first-order valence-corrected chi connectivity index (χ1v) is 12.9. The number of carbonyl (C=O) groups is 1. The van der Waals surface area contributed by atoms with Crippen molar-refractivity contribution in [2.45, 2.75) is 43.9 Å². The third kappa shape index (κ3) is 6.09. The van der Waals surface area contributed by atoms with Gasteiger partial charge in [-0.25, -0.2) is 4.98 Å². The summed E-state index contributed by atoms with van der Waals surface area (Å²) in [6.07, 6.45) is -0.282. The normalized spacial score (nSPS) is 17.6. The average molecular weight is 555 g/mol. The van der Waals surface area contributed by atoms with Crippen LogP contribution in [0.2, 0.25) is 5.02 Å². The van der Waals surface area contributed by atoms with Crippen molar-refractivity contribution in [3.63, 3.8) is 0 Å². The van der Waals surface area contributed by atoms with Crippen molar-refractivity contribution >= 4 is 34.1 Å². The molecule has 0 bridgehead atoms. The molecule has 1 aliphatic carbocycles. The van der Waals surface area contributed by atoms with E-state index in [0.29, 0.717) is 58.8 Å². The minimum atomic E-state index is -4.56. The van der Waals surface area contributed by atoms with Crippen LogP contribution in [0.5, 0.6) is 5.75 Å². The lowest BCUT2D eigenvalue weighted by Gasteiger charge is -2.30. The SMILES string of the molecule is COc1ccccc1-c1ccc(C(=O)N[C@H]2CC[C@@H](Nc3cc(C(F)(F)F)nc4ccc(Cl)cc34)CC2)cn1. The maximum atomic E-state index is 13.4. The van der Waals surface area contributed by atoms with Crippen LogP contribution in [-0.2, 0) is 6.18 Å². The zero-order chi connectivity index (χ0) is 27.6. The first kappa shape index (κ1) is 26.7. The Labute approximate surface area is 228 Å². The van der Waals surface area contributed by atoms with Gasteiger partial charge in [-0.2, -0.15) is 13.2 Å². The summed E-state index contributed by atoms with van der Waals surface area (Å²) in [5.41, 5.74) is 1.62. The summed E-state index contributed by atoms with van der Waals surface area (Å²) in [7, 11) is 1.60. The molecule has 2 N–H and O–H groups in total. The van der Waals surface area contributed by atoms with Crippen LogP contribution in [0, 0.1) is 0 Å². The predicted molar refractivity (Wildman–Crippen MR) is 145 cm³/mol. The van der Waals surface area contributed by atoms with Gasteiger partial charge in [0.15, 0.2) is 0 Å². The van der Waals surface area contributed by atoms with Crippen LogP contribution in [0.15, 0.2) is 66.9 Å². The van der Waals surface area contributed by atoms with E-state index in [4.69, 9.17) is 16.3 Å². The van der Waals surface area contributed by atoms with Gasteiger partial charge in [-0.05, 0) is 74.2 Å². The molecule has 0 saturated heterocycles. The molecular weight excluding hydrogens is 529 g/mol. The molecule has 1 saturated carbocycles. The first-order valence-electron chi connectivity index (χ1n) is 12.6. The average Bonchev–Trinajstić information content (AvgIpc) is 2.93. The maximum absolute atomic E-state index is 13.4. The third-order valence-electron chi connectivity index (χ3n) is 6.89. The van der Waals surface area contributed by atoms with Gasteiger partial charge in [0.2, 0.25) is 0 Å². The second-order valence-electron chi connectivity index (χ2n) is 9.51. The number of nitrogens with one attached hydrogen (secondary N) is 2. The topological polar surface area (TPSA) is 76.1 Å². The summed E-state index contributed by atoms with van der Waals surface area (Å²) in [5.74, 6) is 0.486. The van der Waals surface area contributed by atoms with E-state index in [1.807, 2.05) is 24.3 Å². The minimum absolute atomic E-state index is 0.0428. The van der Waals surface area contributed by atoms with Gasteiger partial charge in [0, 0.05) is 39.9 Å². The highest BCUT2D eigenvalue weighted by Crippen LogP contribution is 2.35. The minimum Gasteiger partial charge on any atom is -0.496 e. The first-order chi connectivity index (χ1) is 18.7. The molecule has 202 valence electrons. The Bertz CT molecular complexity index is 1490. The number of pyridine rings is 2. The number of nitrogens with zero attached hydrogens (tertiary/aromatic N) is 2. The molecule has 0 unspecified atom stereocenters. The number of amides is 1. The second-order valence-corrected chi connectivity index (χ2v) is 9.95. The molecule has 39 heavy (non-hydrogen) atoms. The zero-order valence-corrected chi connectivity index (χ0v) is 21.8. The van der Waals surface area contributed by atoms with Gasteiger partial charge in [-0.15, -0.1) is 0 Å². The molecule has 2 aromatic carbocycles. The number of alkyl halides is 3. The van der Waals surface area contributed by atoms with Crippen molar-refractivity contribution in [3.05, 3.63) is 83.1 Å². The molecule has 0 spiro atoms. The molecule has 6 nitrogen and oxygen atoms in total. The van der Waals surface area contributed by atoms with Crippen molar-refractivity contribution in [2.75, 3.05) is 12.4 Å². The molecule has 4 aromatic rings. The van der Waals surface area contributed by atoms with Gasteiger partial charge < -0.3 is 15.4 Å². The molecule has 0 aliphatic heterocycles. The number of ether oxygens (including phenoxy) is 1. The third-order valence-corrected chi connectivity index (χ3v) is 7.13. The fourth-order valence-corrected chi connectivity index (χ4v) is 5.05. The van der Waals surface area contributed by atoms with Gasteiger partial charge in [0.1, 0.15) is 11.4 Å². The summed E-state index contributed by atoms with van der Waals surface area (Å²) in [4.78, 5) is 21.1. The Morgan fingerprint density at radius 2 is 1.74 bits per heavy atom. The maximum Gasteiger partial charge on any atom is 0.433 e. The number of halogens is 4. The quantitative estimate of drug-likeness (QED) is 0.265. The van der Waals surface area contributed by atoms with Crippen LogP contribution in [0.1, 0.15) is 41.7 Å². The van der Waals surface area contributed by atoms with Crippen molar-refractivity contribution in [3.8, 4) is 17.0 Å². The Morgan fingerprint density at radius 1 is 1.00 bits per heavy atom. The molecule has 5 rings (SSSR count). The van der Waals surface area contributed by atoms with E-state index in [1.54, 1.807) is 31.5 Å². The summed E-state index contributed by atoms with van der Waals surface area (Å²) in [6, 6.07) is 16.6. The highest BCUT2D eigenvalue weighted by atomic mass is 35.5. The number of methoxy groups -OCH3 is 1. The predicted octanol–water partition coefficient (Wildman–Crippen LogP) is 7.13. The molecular formula is C29H26ClF3N4O2. The summed E-state index contributed by atoms with van der Waals surface area (Å²) in [5, 5.41) is 7.29. The van der Waals surface area contributed by atoms with E-state index >= 15 is 0 Å². The monoisotopic (exact) mass is 554 g/mol. The standard InChI is InChI=1S/C29H26ClF3N4O2/c1-39-26-5-3-2-4-21(26)23-12-6-17(16-34-23)28(38)36-20-10-8-19(9-11-20)35-25-15-27(29(31,32)33)37-24-13-7-18(30)14-22(24)25/h2-7,12-16,19-20H,8-11H2,1H3,(H,35,37)(H,36,38)/t19-,20+. The van der Waals surface area contributed by atoms with E-state index in [9.17, 15) is 18.0 Å². The van der Waals surface area contributed by atoms with E-state index in [2.05, 4.69) is 20.6 Å². The van der Waals surface area contributed by atoms with Gasteiger partial charge in [0.05, 0.1) is 23.9 Å². The molecule has 2 aromatic heterocycles. The van der Waals surface area contributed by atoms with Crippen LogP contribution < -0.4 is 15.4 Å². The molecule has 1 aliphatic rings. The highest BCUT2D eigenvalue weighted by Gasteiger charge is 2.34. The molecule has 0 radical (unpaired) electrons. The lowest BCUT2D eigenvalue weighted by Crippen LogP contribution is -2.40. The number of benzene rings is 2. The smallest absolute Gasteiger partial charge is 0.433 e. The molecule has 1 fully saturated rings. The Kier molecular flexibility index (Phi) is 7.61. The van der Waals surface area contributed by atoms with Crippen LogP contribution >= 0.6 is 11.6 Å². The lowest BCUT2D eigenvalue weighted by molar-refractivity contribution is -0.140. The molecule has 2 heterocycles. The van der Waals surface area contributed by atoms with Crippen molar-refractivity contribution in [1.82, 2.24) is 15.3 Å². The highest BCUT2D eigenvalue weighted by molar-refractivity contribution is 6.31. The largest absolute Gasteiger partial charge is 0.496 e. The lowest BCUT2D eigenvalue weighted by atomic mass is 9.90. The number of carbonyl (C=O) groups excluding carboxylic acids is 1. The molecule has 10 heteroatoms. The van der Waals surface area contributed by atoms with Gasteiger partial charge >= 0.3 is 6.18 Å². The Balaban J connectivity index is 1.22. The molecule has 1 amide bonds. The van der Waals surface area contributed by atoms with Crippen LogP contribution in [-0.4, -0.2) is 35.1 Å². The Hall–Kier alpha value is -3.85. The van der Waals surface area contributed by atoms with Crippen molar-refractivity contribution in [1.29, 1.82) is 0 Å². The summed E-state index contributed by atoms with van der Waals surface area (Å²) < 4.78 is 45.7. The summed E-state index contributed by atoms with van der Waals surface area (Å²) in [6.45, 7) is 0. The van der Waals surface area contributed by atoms with Gasteiger partial charge in [0.25, 0.3) is 5.91 Å². The van der Waals surface area contributed by atoms with Gasteiger partial charge in [-0.3, -0.25) is 9.78 Å². The number of para-hydroxylation sites is 1. The number of anilines is 1. The van der Waals surface area contributed by atoms with E-state index < -0.39 is 11.9 Å². The number of hydrogen-bond acceptors (Lipinski definition) is 5. The Morgan fingerprint density at radius 3 is 2.44 bits per heavy atom. The fourth-order valence-electron chi connectivity index (χ4n) is 4.88.